The van der Waals surface area contributed by atoms with Crippen LogP contribution in [-0.4, -0.2) is 29.0 Å². The molecule has 5 nitrogen and oxygen atoms in total. The number of anilines is 2. The average molecular weight is 411 g/mol. The highest BCUT2D eigenvalue weighted by molar-refractivity contribution is 9.10. The molecule has 1 N–H and O–H groups in total. The van der Waals surface area contributed by atoms with Gasteiger partial charge in [0.1, 0.15) is 12.1 Å². The van der Waals surface area contributed by atoms with E-state index < -0.39 is 0 Å². The van der Waals surface area contributed by atoms with Gasteiger partial charge in [0.15, 0.2) is 0 Å². The normalized spacial score (nSPS) is 14.4. The van der Waals surface area contributed by atoms with Gasteiger partial charge in [0, 0.05) is 28.6 Å². The van der Waals surface area contributed by atoms with Crippen LogP contribution in [-0.2, 0) is 0 Å². The maximum absolute atomic E-state index is 12.5. The number of hydrogen-bond acceptors (Lipinski definition) is 4. The van der Waals surface area contributed by atoms with Gasteiger partial charge < -0.3 is 10.2 Å². The Labute approximate surface area is 160 Å². The molecule has 2 aromatic carbocycles. The highest BCUT2D eigenvalue weighted by atomic mass is 79.9. The van der Waals surface area contributed by atoms with E-state index in [-0.39, 0.29) is 5.91 Å². The molecule has 0 radical (unpaired) electrons. The first-order valence-electron chi connectivity index (χ1n) is 8.78. The highest BCUT2D eigenvalue weighted by Gasteiger charge is 2.16. The van der Waals surface area contributed by atoms with Gasteiger partial charge in [0.2, 0.25) is 0 Å². The fourth-order valence-corrected chi connectivity index (χ4v) is 3.79. The number of hydrogen-bond donors (Lipinski definition) is 1. The number of piperidine rings is 1. The Morgan fingerprint density at radius 2 is 1.85 bits per heavy atom. The number of halogens is 1. The zero-order valence-electron chi connectivity index (χ0n) is 14.3. The minimum absolute atomic E-state index is 0.151. The molecule has 0 saturated carbocycles. The molecule has 1 aliphatic rings. The van der Waals surface area contributed by atoms with Crippen molar-refractivity contribution in [3.63, 3.8) is 0 Å². The molecule has 1 aliphatic heterocycles. The van der Waals surface area contributed by atoms with Crippen molar-refractivity contribution in [3.8, 4) is 0 Å². The van der Waals surface area contributed by atoms with E-state index in [4.69, 9.17) is 0 Å². The molecular weight excluding hydrogens is 392 g/mol. The van der Waals surface area contributed by atoms with Crippen molar-refractivity contribution in [1.29, 1.82) is 0 Å². The van der Waals surface area contributed by atoms with Gasteiger partial charge in [-0.1, -0.05) is 12.1 Å². The van der Waals surface area contributed by atoms with Crippen molar-refractivity contribution in [3.05, 3.63) is 58.8 Å². The van der Waals surface area contributed by atoms with Gasteiger partial charge >= 0.3 is 0 Å². The summed E-state index contributed by atoms with van der Waals surface area (Å²) in [6.07, 6.45) is 5.29. The van der Waals surface area contributed by atoms with Crippen LogP contribution in [0.15, 0.2) is 53.3 Å². The molecule has 1 amide bonds. The summed E-state index contributed by atoms with van der Waals surface area (Å²) in [6.45, 7) is 2.07. The monoisotopic (exact) mass is 410 g/mol. The van der Waals surface area contributed by atoms with Crippen LogP contribution in [0.4, 0.5) is 11.5 Å². The Morgan fingerprint density at radius 1 is 1.04 bits per heavy atom. The zero-order valence-corrected chi connectivity index (χ0v) is 15.9. The molecule has 3 aromatic rings. The number of nitrogens with one attached hydrogen (secondary N) is 1. The highest BCUT2D eigenvalue weighted by Crippen LogP contribution is 2.28. The number of fused-ring (bicyclic) bond motifs is 1. The number of carbonyl (C=O) groups excluding carboxylic acids is 1. The summed E-state index contributed by atoms with van der Waals surface area (Å²) >= 11 is 3.42. The summed E-state index contributed by atoms with van der Waals surface area (Å²) in [4.78, 5) is 23.7. The van der Waals surface area contributed by atoms with Gasteiger partial charge in [0.05, 0.1) is 11.1 Å². The first-order valence-corrected chi connectivity index (χ1v) is 9.57. The summed E-state index contributed by atoms with van der Waals surface area (Å²) in [5.74, 6) is 0.834. The minimum atomic E-state index is -0.151. The first kappa shape index (κ1) is 17.0. The summed E-state index contributed by atoms with van der Waals surface area (Å²) < 4.78 is 0.771. The van der Waals surface area contributed by atoms with Crippen LogP contribution in [0, 0.1) is 0 Å². The topological polar surface area (TPSA) is 58.1 Å². The summed E-state index contributed by atoms with van der Waals surface area (Å²) in [5, 5.41) is 3.97. The third kappa shape index (κ3) is 3.42. The van der Waals surface area contributed by atoms with Gasteiger partial charge in [-0.2, -0.15) is 0 Å². The van der Waals surface area contributed by atoms with Crippen LogP contribution >= 0.6 is 15.9 Å². The standard InChI is InChI=1S/C20H19BrN4O/c21-17-7-3-2-6-15(17)20(26)24-14-8-9-16-18(12-14)22-13-23-19(16)25-10-4-1-5-11-25/h2-3,6-9,12-13H,1,4-5,10-11H2,(H,24,26). The first-order chi connectivity index (χ1) is 12.7. The Bertz CT molecular complexity index is 953. The number of carbonyl (C=O) groups is 1. The summed E-state index contributed by atoms with van der Waals surface area (Å²) in [5.41, 5.74) is 2.16. The molecule has 0 bridgehead atoms. The van der Waals surface area contributed by atoms with E-state index in [1.54, 1.807) is 12.4 Å². The molecule has 1 saturated heterocycles. The van der Waals surface area contributed by atoms with E-state index in [1.165, 1.54) is 19.3 Å². The van der Waals surface area contributed by atoms with Gasteiger partial charge in [-0.3, -0.25) is 4.79 Å². The molecule has 0 spiro atoms. The third-order valence-corrected chi connectivity index (χ3v) is 5.34. The van der Waals surface area contributed by atoms with Crippen LogP contribution in [0.5, 0.6) is 0 Å². The largest absolute Gasteiger partial charge is 0.356 e. The zero-order chi connectivity index (χ0) is 17.9. The van der Waals surface area contributed by atoms with Gasteiger partial charge in [-0.25, -0.2) is 9.97 Å². The van der Waals surface area contributed by atoms with Crippen molar-refractivity contribution in [2.45, 2.75) is 19.3 Å². The molecule has 132 valence electrons. The van der Waals surface area contributed by atoms with Crippen molar-refractivity contribution < 1.29 is 4.79 Å². The van der Waals surface area contributed by atoms with Gasteiger partial charge in [0.25, 0.3) is 5.91 Å². The second kappa shape index (κ2) is 7.41. The van der Waals surface area contributed by atoms with Crippen LogP contribution in [0.25, 0.3) is 10.9 Å². The fraction of sp³-hybridized carbons (Fsp3) is 0.250. The second-order valence-corrected chi connectivity index (χ2v) is 7.27. The number of rotatable bonds is 3. The molecule has 2 heterocycles. The fourth-order valence-electron chi connectivity index (χ4n) is 3.32. The Kier molecular flexibility index (Phi) is 4.84. The van der Waals surface area contributed by atoms with Crippen molar-refractivity contribution >= 4 is 44.2 Å². The van der Waals surface area contributed by atoms with Crippen LogP contribution < -0.4 is 10.2 Å². The lowest BCUT2D eigenvalue weighted by molar-refractivity contribution is 0.102. The van der Waals surface area contributed by atoms with Crippen LogP contribution in [0.2, 0.25) is 0 Å². The molecule has 26 heavy (non-hydrogen) atoms. The van der Waals surface area contributed by atoms with Gasteiger partial charge in [-0.15, -0.1) is 0 Å². The summed E-state index contributed by atoms with van der Waals surface area (Å²) in [6, 6.07) is 13.2. The maximum Gasteiger partial charge on any atom is 0.256 e. The Hall–Kier alpha value is -2.47. The lowest BCUT2D eigenvalue weighted by Crippen LogP contribution is -2.30. The van der Waals surface area contributed by atoms with E-state index in [0.29, 0.717) is 5.56 Å². The number of aromatic nitrogens is 2. The molecule has 0 aliphatic carbocycles. The predicted molar refractivity (Wildman–Crippen MR) is 108 cm³/mol. The quantitative estimate of drug-likeness (QED) is 0.683. The molecule has 0 unspecified atom stereocenters. The summed E-state index contributed by atoms with van der Waals surface area (Å²) in [7, 11) is 0. The number of benzene rings is 2. The van der Waals surface area contributed by atoms with E-state index in [9.17, 15) is 4.79 Å². The molecular formula is C20H19BrN4O. The number of amides is 1. The second-order valence-electron chi connectivity index (χ2n) is 6.41. The maximum atomic E-state index is 12.5. The Balaban J connectivity index is 1.62. The van der Waals surface area contributed by atoms with E-state index in [0.717, 1.165) is 40.0 Å². The van der Waals surface area contributed by atoms with Crippen molar-refractivity contribution in [2.75, 3.05) is 23.3 Å². The van der Waals surface area contributed by atoms with Crippen LogP contribution in [0.3, 0.4) is 0 Å². The molecule has 1 aromatic heterocycles. The van der Waals surface area contributed by atoms with Crippen LogP contribution in [0.1, 0.15) is 29.6 Å². The lowest BCUT2D eigenvalue weighted by atomic mass is 10.1. The van der Waals surface area contributed by atoms with Crippen molar-refractivity contribution in [2.24, 2.45) is 0 Å². The van der Waals surface area contributed by atoms with Gasteiger partial charge in [-0.05, 0) is 65.5 Å². The minimum Gasteiger partial charge on any atom is -0.356 e. The molecule has 4 rings (SSSR count). The molecule has 1 fully saturated rings. The molecule has 0 atom stereocenters. The Morgan fingerprint density at radius 3 is 2.65 bits per heavy atom. The van der Waals surface area contributed by atoms with E-state index in [1.807, 2.05) is 36.4 Å². The van der Waals surface area contributed by atoms with E-state index >= 15 is 0 Å². The lowest BCUT2D eigenvalue weighted by Gasteiger charge is -2.28. The van der Waals surface area contributed by atoms with Crippen molar-refractivity contribution in [1.82, 2.24) is 9.97 Å². The van der Waals surface area contributed by atoms with E-state index in [2.05, 4.69) is 36.1 Å². The predicted octanol–water partition coefficient (Wildman–Crippen LogP) is 4.63. The number of nitrogens with zero attached hydrogens (tertiary/aromatic N) is 3. The SMILES string of the molecule is O=C(Nc1ccc2c(N3CCCCC3)ncnc2c1)c1ccccc1Br. The third-order valence-electron chi connectivity index (χ3n) is 4.65. The molecule has 6 heteroatoms. The smallest absolute Gasteiger partial charge is 0.256 e. The average Bonchev–Trinajstić information content (AvgIpc) is 2.68.